The molecule has 5 rings (SSSR count). The Morgan fingerprint density at radius 1 is 0.978 bits per heavy atom. The minimum absolute atomic E-state index is 0.0846. The summed E-state index contributed by atoms with van der Waals surface area (Å²) in [5.41, 5.74) is 2.62. The van der Waals surface area contributed by atoms with Crippen LogP contribution in [0.1, 0.15) is 18.9 Å². The Balaban J connectivity index is 1.32. The fourth-order valence-corrected chi connectivity index (χ4v) is 5.96. The summed E-state index contributed by atoms with van der Waals surface area (Å²) in [4.78, 5) is 52.6. The van der Waals surface area contributed by atoms with Crippen LogP contribution >= 0.6 is 11.6 Å². The fourth-order valence-electron chi connectivity index (χ4n) is 5.75. The zero-order valence-corrected chi connectivity index (χ0v) is 26.4. The highest BCUT2D eigenvalue weighted by molar-refractivity contribution is 6.32. The highest BCUT2D eigenvalue weighted by Crippen LogP contribution is 2.35. The van der Waals surface area contributed by atoms with Crippen LogP contribution in [0.2, 0.25) is 5.02 Å². The lowest BCUT2D eigenvalue weighted by Crippen LogP contribution is -2.49. The van der Waals surface area contributed by atoms with Gasteiger partial charge in [-0.3, -0.25) is 14.4 Å². The lowest BCUT2D eigenvalue weighted by molar-refractivity contribution is -0.146. The van der Waals surface area contributed by atoms with E-state index in [1.165, 1.54) is 13.3 Å². The van der Waals surface area contributed by atoms with E-state index >= 15 is 0 Å². The Labute approximate surface area is 267 Å². The standard InChI is InChI=1S/C32H38ClN7O5/c1-21(41)38-11-13-39(14-12-38)25-9-10-27(28(16-25)44-2)36-32-35-18-26(33)29(37-32)40-19-23(15-24(20-40)31(43)45-3)30(42)34-17-22-7-5-4-6-8-22/h4-10,16,18,23-24H,11-15,17,19-20H2,1-3H3,(H,34,42)(H,35,36,37)/t23-,24+/m1/s1. The van der Waals surface area contributed by atoms with E-state index in [1.54, 1.807) is 14.0 Å². The van der Waals surface area contributed by atoms with Gasteiger partial charge in [-0.05, 0) is 24.1 Å². The van der Waals surface area contributed by atoms with Gasteiger partial charge in [0.25, 0.3) is 0 Å². The van der Waals surface area contributed by atoms with Crippen LogP contribution in [0.25, 0.3) is 0 Å². The van der Waals surface area contributed by atoms with Crippen LogP contribution < -0.4 is 25.2 Å². The first-order chi connectivity index (χ1) is 21.7. The van der Waals surface area contributed by atoms with Gasteiger partial charge in [0.1, 0.15) is 10.8 Å². The van der Waals surface area contributed by atoms with E-state index in [2.05, 4.69) is 20.5 Å². The van der Waals surface area contributed by atoms with Gasteiger partial charge in [0, 0.05) is 64.5 Å². The van der Waals surface area contributed by atoms with E-state index in [0.717, 1.165) is 24.3 Å². The molecule has 2 saturated heterocycles. The van der Waals surface area contributed by atoms with Crippen LogP contribution in [0.3, 0.4) is 0 Å². The van der Waals surface area contributed by atoms with Gasteiger partial charge < -0.3 is 34.8 Å². The molecule has 2 aromatic carbocycles. The minimum atomic E-state index is -0.538. The summed E-state index contributed by atoms with van der Waals surface area (Å²) >= 11 is 6.59. The number of piperazine rings is 1. The number of ether oxygens (including phenoxy) is 2. The minimum Gasteiger partial charge on any atom is -0.494 e. The Kier molecular flexibility index (Phi) is 10.2. The number of anilines is 4. The second-order valence-electron chi connectivity index (χ2n) is 11.1. The smallest absolute Gasteiger partial charge is 0.310 e. The third kappa shape index (κ3) is 7.75. The molecule has 2 amide bonds. The van der Waals surface area contributed by atoms with Crippen LogP contribution in [0.15, 0.2) is 54.7 Å². The molecule has 3 aromatic rings. The molecule has 45 heavy (non-hydrogen) atoms. The molecule has 3 heterocycles. The first kappa shape index (κ1) is 31.8. The molecule has 238 valence electrons. The third-order valence-corrected chi connectivity index (χ3v) is 8.48. The van der Waals surface area contributed by atoms with Crippen LogP contribution in [0, 0.1) is 11.8 Å². The SMILES string of the molecule is COC(=O)[C@H]1C[C@@H](C(=O)NCc2ccccc2)CN(c2nc(Nc3ccc(N4CCN(C(C)=O)CC4)cc3OC)ncc2Cl)C1. The molecule has 0 radical (unpaired) electrons. The Hall–Kier alpha value is -4.58. The summed E-state index contributed by atoms with van der Waals surface area (Å²) in [6.07, 6.45) is 1.85. The van der Waals surface area contributed by atoms with Crippen molar-refractivity contribution in [2.24, 2.45) is 11.8 Å². The van der Waals surface area contributed by atoms with Crippen molar-refractivity contribution in [1.82, 2.24) is 20.2 Å². The van der Waals surface area contributed by atoms with E-state index in [0.29, 0.717) is 61.4 Å². The number of piperidine rings is 1. The van der Waals surface area contributed by atoms with Gasteiger partial charge in [-0.2, -0.15) is 4.98 Å². The zero-order valence-electron chi connectivity index (χ0n) is 25.7. The van der Waals surface area contributed by atoms with Crippen molar-refractivity contribution < 1.29 is 23.9 Å². The van der Waals surface area contributed by atoms with E-state index in [9.17, 15) is 14.4 Å². The number of benzene rings is 2. The van der Waals surface area contributed by atoms with Crippen LogP contribution in [0.5, 0.6) is 5.75 Å². The van der Waals surface area contributed by atoms with Gasteiger partial charge in [-0.25, -0.2) is 4.98 Å². The van der Waals surface area contributed by atoms with Crippen molar-refractivity contribution in [2.75, 3.05) is 68.6 Å². The first-order valence-electron chi connectivity index (χ1n) is 14.9. The van der Waals surface area contributed by atoms with E-state index in [-0.39, 0.29) is 17.8 Å². The average Bonchev–Trinajstić information content (AvgIpc) is 3.08. The molecule has 12 nitrogen and oxygen atoms in total. The quantitative estimate of drug-likeness (QED) is 0.337. The number of carbonyl (C=O) groups is 3. The molecular formula is C32H38ClN7O5. The normalized spacial score (nSPS) is 18.3. The number of nitrogens with one attached hydrogen (secondary N) is 2. The monoisotopic (exact) mass is 635 g/mol. The first-order valence-corrected chi connectivity index (χ1v) is 15.3. The predicted molar refractivity (Wildman–Crippen MR) is 172 cm³/mol. The number of methoxy groups -OCH3 is 2. The van der Waals surface area contributed by atoms with Crippen molar-refractivity contribution in [3.05, 3.63) is 65.3 Å². The molecule has 2 aliphatic heterocycles. The number of hydrogen-bond donors (Lipinski definition) is 2. The van der Waals surface area contributed by atoms with Gasteiger partial charge in [0.15, 0.2) is 5.82 Å². The summed E-state index contributed by atoms with van der Waals surface area (Å²) < 4.78 is 10.7. The number of halogens is 1. The maximum Gasteiger partial charge on any atom is 0.310 e. The second kappa shape index (κ2) is 14.5. The van der Waals surface area contributed by atoms with Crippen molar-refractivity contribution >= 4 is 52.5 Å². The summed E-state index contributed by atoms with van der Waals surface area (Å²) in [6, 6.07) is 15.5. The summed E-state index contributed by atoms with van der Waals surface area (Å²) in [5.74, 6) is -0.210. The van der Waals surface area contributed by atoms with E-state index in [4.69, 9.17) is 26.1 Å². The second-order valence-corrected chi connectivity index (χ2v) is 11.5. The highest BCUT2D eigenvalue weighted by atomic mass is 35.5. The van der Waals surface area contributed by atoms with E-state index < -0.39 is 17.8 Å². The number of esters is 1. The number of rotatable bonds is 9. The Morgan fingerprint density at radius 2 is 1.71 bits per heavy atom. The molecular weight excluding hydrogens is 598 g/mol. The molecule has 2 atom stereocenters. The fraction of sp³-hybridized carbons (Fsp3) is 0.406. The van der Waals surface area contributed by atoms with Crippen LogP contribution in [0.4, 0.5) is 23.1 Å². The molecule has 0 unspecified atom stereocenters. The maximum atomic E-state index is 13.3. The molecule has 1 aromatic heterocycles. The lowest BCUT2D eigenvalue weighted by Gasteiger charge is -2.37. The van der Waals surface area contributed by atoms with Crippen molar-refractivity contribution in [2.45, 2.75) is 19.9 Å². The van der Waals surface area contributed by atoms with E-state index in [1.807, 2.05) is 58.3 Å². The van der Waals surface area contributed by atoms with Gasteiger partial charge in [0.05, 0.1) is 37.9 Å². The zero-order chi connectivity index (χ0) is 31.9. The van der Waals surface area contributed by atoms with Gasteiger partial charge in [0.2, 0.25) is 17.8 Å². The lowest BCUT2D eigenvalue weighted by atomic mass is 9.88. The predicted octanol–water partition coefficient (Wildman–Crippen LogP) is 3.48. The number of aromatic nitrogens is 2. The number of hydrogen-bond acceptors (Lipinski definition) is 10. The Bertz CT molecular complexity index is 1520. The van der Waals surface area contributed by atoms with Crippen LogP contribution in [-0.4, -0.2) is 86.1 Å². The number of carbonyl (C=O) groups excluding carboxylic acids is 3. The molecule has 0 saturated carbocycles. The summed E-state index contributed by atoms with van der Waals surface area (Å²) in [6.45, 7) is 5.38. The topological polar surface area (TPSA) is 129 Å². The van der Waals surface area contributed by atoms with Crippen LogP contribution in [-0.2, 0) is 25.7 Å². The largest absolute Gasteiger partial charge is 0.494 e. The number of amides is 2. The Morgan fingerprint density at radius 3 is 2.40 bits per heavy atom. The third-order valence-electron chi connectivity index (χ3n) is 8.21. The molecule has 0 aliphatic carbocycles. The molecule has 13 heteroatoms. The maximum absolute atomic E-state index is 13.3. The molecule has 0 bridgehead atoms. The highest BCUT2D eigenvalue weighted by Gasteiger charge is 2.37. The van der Waals surface area contributed by atoms with Gasteiger partial charge in [-0.15, -0.1) is 0 Å². The van der Waals surface area contributed by atoms with Crippen molar-refractivity contribution in [3.8, 4) is 5.75 Å². The number of nitrogens with zero attached hydrogens (tertiary/aromatic N) is 5. The van der Waals surface area contributed by atoms with Gasteiger partial charge >= 0.3 is 5.97 Å². The molecule has 0 spiro atoms. The molecule has 2 N–H and O–H groups in total. The molecule has 2 aliphatic rings. The van der Waals surface area contributed by atoms with Crippen molar-refractivity contribution in [1.29, 1.82) is 0 Å². The average molecular weight is 636 g/mol. The molecule has 2 fully saturated rings. The summed E-state index contributed by atoms with van der Waals surface area (Å²) in [5, 5.41) is 6.51. The van der Waals surface area contributed by atoms with Crippen molar-refractivity contribution in [3.63, 3.8) is 0 Å². The van der Waals surface area contributed by atoms with Gasteiger partial charge in [-0.1, -0.05) is 41.9 Å². The summed E-state index contributed by atoms with van der Waals surface area (Å²) in [7, 11) is 2.94.